The van der Waals surface area contributed by atoms with Crippen LogP contribution in [0.2, 0.25) is 0 Å². The Labute approximate surface area is 62.0 Å². The van der Waals surface area contributed by atoms with Gasteiger partial charge in [-0.2, -0.15) is 0 Å². The van der Waals surface area contributed by atoms with Gasteiger partial charge in [0.25, 0.3) is 5.85 Å². The summed E-state index contributed by atoms with van der Waals surface area (Å²) in [6.07, 6.45) is 0. The van der Waals surface area contributed by atoms with E-state index in [-0.39, 0.29) is 0 Å². The fourth-order valence-corrected chi connectivity index (χ4v) is 0.317. The third kappa shape index (κ3) is 2.94. The molecule has 0 saturated carbocycles. The molecule has 0 saturated heterocycles. The fourth-order valence-electron chi connectivity index (χ4n) is 0.317. The first kappa shape index (κ1) is 9.82. The number of hydrogen-bond acceptors (Lipinski definition) is 5. The minimum absolute atomic E-state index is 0.438. The van der Waals surface area contributed by atoms with Crippen molar-refractivity contribution >= 4 is 11.9 Å². The summed E-state index contributed by atoms with van der Waals surface area (Å²) in [5, 5.41) is 18.4. The van der Waals surface area contributed by atoms with Gasteiger partial charge in [-0.05, 0) is 0 Å². The van der Waals surface area contributed by atoms with Gasteiger partial charge in [0.15, 0.2) is 0 Å². The second kappa shape index (κ2) is 3.28. The Hall–Kier alpha value is -1.18. The van der Waals surface area contributed by atoms with Gasteiger partial charge in [-0.25, -0.2) is 4.79 Å². The molecule has 0 aromatic rings. The van der Waals surface area contributed by atoms with Crippen LogP contribution in [0.15, 0.2) is 0 Å². The maximum Gasteiger partial charge on any atom is 0.373 e. The molecule has 0 spiro atoms. The summed E-state index contributed by atoms with van der Waals surface area (Å²) >= 11 is 0. The second-order valence-electron chi connectivity index (χ2n) is 1.82. The van der Waals surface area contributed by atoms with Crippen LogP contribution in [0.4, 0.5) is 0 Å². The third-order valence-corrected chi connectivity index (χ3v) is 0.841. The van der Waals surface area contributed by atoms with Gasteiger partial charge in [0.1, 0.15) is 0 Å². The van der Waals surface area contributed by atoms with Gasteiger partial charge >= 0.3 is 5.97 Å². The molecule has 7 heteroatoms. The van der Waals surface area contributed by atoms with E-state index in [4.69, 9.17) is 21.7 Å². The molecule has 7 N–H and O–H groups in total. The van der Waals surface area contributed by atoms with Gasteiger partial charge in [0.05, 0.1) is 6.54 Å². The smallest absolute Gasteiger partial charge is 0.373 e. The number of rotatable bonds is 3. The number of carbonyl (C=O) groups is 2. The largest absolute Gasteiger partial charge is 0.477 e. The summed E-state index contributed by atoms with van der Waals surface area (Å²) in [4.78, 5) is 20.4. The number of carboxylic acid groups (broad SMARTS) is 1. The van der Waals surface area contributed by atoms with E-state index in [1.807, 2.05) is 0 Å². The Balaban J connectivity index is 4.12. The summed E-state index contributed by atoms with van der Waals surface area (Å²) in [5.41, 5.74) is 9.51. The maximum absolute atomic E-state index is 10.4. The van der Waals surface area contributed by atoms with Crippen LogP contribution in [-0.4, -0.2) is 34.5 Å². The quantitative estimate of drug-likeness (QED) is 0.277. The van der Waals surface area contributed by atoms with Gasteiger partial charge in [-0.3, -0.25) is 10.5 Å². The molecule has 0 bridgehead atoms. The summed E-state index contributed by atoms with van der Waals surface area (Å²) in [6.45, 7) is -0.438. The van der Waals surface area contributed by atoms with Crippen LogP contribution < -0.4 is 16.8 Å². The van der Waals surface area contributed by atoms with Gasteiger partial charge in [-0.1, -0.05) is 0 Å². The lowest BCUT2D eigenvalue weighted by Crippen LogP contribution is -2.62. The highest BCUT2D eigenvalue weighted by Crippen LogP contribution is 1.87. The Morgan fingerprint density at radius 1 is 1.55 bits per heavy atom. The van der Waals surface area contributed by atoms with Gasteiger partial charge in [0.2, 0.25) is 5.91 Å². The summed E-state index contributed by atoms with van der Waals surface area (Å²) in [7, 11) is 0. The normalized spacial score (nSPS) is 15.2. The van der Waals surface area contributed by atoms with Gasteiger partial charge in [-0.15, -0.1) is 0 Å². The highest BCUT2D eigenvalue weighted by Gasteiger charge is 2.32. The van der Waals surface area contributed by atoms with Crippen molar-refractivity contribution in [1.29, 1.82) is 0 Å². The average Bonchev–Trinajstić information content (AvgIpc) is 1.86. The van der Waals surface area contributed by atoms with Crippen molar-refractivity contribution in [2.24, 2.45) is 11.5 Å². The zero-order valence-electron chi connectivity index (χ0n) is 5.57. The number of carboxylic acids is 1. The molecule has 0 aromatic carbocycles. The highest BCUT2D eigenvalue weighted by atomic mass is 16.4. The topological polar surface area (TPSA) is 139 Å². The number of amides is 1. The first-order valence-electron chi connectivity index (χ1n) is 2.66. The van der Waals surface area contributed by atoms with E-state index in [9.17, 15) is 9.59 Å². The molecule has 1 unspecified atom stereocenters. The molecule has 64 valence electrons. The molecule has 0 aliphatic carbocycles. The fraction of sp³-hybridized carbons (Fsp3) is 0.500. The highest BCUT2D eigenvalue weighted by molar-refractivity contribution is 5.85. The molecular formula is C4H9N3O4. The predicted octanol–water partition coefficient (Wildman–Crippen LogP) is -3.25. The van der Waals surface area contributed by atoms with Crippen LogP contribution in [0.5, 0.6) is 0 Å². The minimum atomic E-state index is -2.74. The summed E-state index contributed by atoms with van der Waals surface area (Å²) in [6, 6.07) is 0. The van der Waals surface area contributed by atoms with Crippen molar-refractivity contribution in [3.8, 4) is 0 Å². The van der Waals surface area contributed by atoms with Crippen LogP contribution in [-0.2, 0) is 9.59 Å². The molecular weight excluding hydrogens is 154 g/mol. The van der Waals surface area contributed by atoms with Crippen molar-refractivity contribution in [3.63, 3.8) is 0 Å². The molecule has 11 heavy (non-hydrogen) atoms. The minimum Gasteiger partial charge on any atom is -0.477 e. The zero-order chi connectivity index (χ0) is 9.07. The van der Waals surface area contributed by atoms with Crippen LogP contribution >= 0.6 is 0 Å². The summed E-state index contributed by atoms with van der Waals surface area (Å²) < 4.78 is 0. The number of aliphatic hydroxyl groups is 1. The zero-order valence-corrected chi connectivity index (χ0v) is 5.57. The molecule has 1 atom stereocenters. The van der Waals surface area contributed by atoms with Crippen molar-refractivity contribution in [1.82, 2.24) is 5.32 Å². The van der Waals surface area contributed by atoms with E-state index in [0.717, 1.165) is 0 Å². The number of aliphatic carboxylic acids is 1. The lowest BCUT2D eigenvalue weighted by molar-refractivity contribution is -0.164. The van der Waals surface area contributed by atoms with E-state index < -0.39 is 24.3 Å². The predicted molar refractivity (Wildman–Crippen MR) is 34.0 cm³/mol. The van der Waals surface area contributed by atoms with E-state index in [1.54, 1.807) is 5.32 Å². The SMILES string of the molecule is NCC(=O)NC(N)(O)C(=O)O. The van der Waals surface area contributed by atoms with Crippen LogP contribution in [0.1, 0.15) is 0 Å². The van der Waals surface area contributed by atoms with E-state index in [1.165, 1.54) is 0 Å². The standard InChI is InChI=1S/C4H9N3O4/c5-1-2(8)7-4(6,11)3(9)10/h11H,1,5-6H2,(H,7,8)(H,9,10). The first-order valence-corrected chi connectivity index (χ1v) is 2.66. The second-order valence-corrected chi connectivity index (χ2v) is 1.82. The molecule has 0 radical (unpaired) electrons. The molecule has 0 heterocycles. The van der Waals surface area contributed by atoms with Crippen molar-refractivity contribution in [2.45, 2.75) is 5.85 Å². The van der Waals surface area contributed by atoms with Crippen molar-refractivity contribution in [2.75, 3.05) is 6.54 Å². The van der Waals surface area contributed by atoms with Gasteiger partial charge < -0.3 is 21.3 Å². The van der Waals surface area contributed by atoms with Gasteiger partial charge in [0, 0.05) is 0 Å². The molecule has 1 amide bonds. The van der Waals surface area contributed by atoms with E-state index in [2.05, 4.69) is 0 Å². The molecule has 7 nitrogen and oxygen atoms in total. The average molecular weight is 163 g/mol. The van der Waals surface area contributed by atoms with Crippen molar-refractivity contribution < 1.29 is 19.8 Å². The number of nitrogens with two attached hydrogens (primary N) is 2. The van der Waals surface area contributed by atoms with Crippen LogP contribution in [0.3, 0.4) is 0 Å². The molecule has 0 fully saturated rings. The van der Waals surface area contributed by atoms with E-state index in [0.29, 0.717) is 0 Å². The summed E-state index contributed by atoms with van der Waals surface area (Å²) in [5.74, 6) is -5.34. The Kier molecular flexibility index (Phi) is 2.93. The number of nitrogens with one attached hydrogen (secondary N) is 1. The van der Waals surface area contributed by atoms with Crippen LogP contribution in [0.25, 0.3) is 0 Å². The Morgan fingerprint density at radius 2 is 2.00 bits per heavy atom. The molecule has 0 aliphatic heterocycles. The lowest BCUT2D eigenvalue weighted by Gasteiger charge is -2.18. The number of carbonyl (C=O) groups excluding carboxylic acids is 1. The van der Waals surface area contributed by atoms with Crippen molar-refractivity contribution in [3.05, 3.63) is 0 Å². The molecule has 0 rings (SSSR count). The monoisotopic (exact) mass is 163 g/mol. The number of hydrogen-bond donors (Lipinski definition) is 5. The Bertz CT molecular complexity index is 178. The van der Waals surface area contributed by atoms with Crippen LogP contribution in [0, 0.1) is 0 Å². The third-order valence-electron chi connectivity index (χ3n) is 0.841. The maximum atomic E-state index is 10.4. The van der Waals surface area contributed by atoms with E-state index >= 15 is 0 Å². The lowest BCUT2D eigenvalue weighted by atomic mass is 10.4. The first-order chi connectivity index (χ1) is 4.90. The molecule has 0 aliphatic rings. The Morgan fingerprint density at radius 3 is 2.27 bits per heavy atom. The molecule has 0 aromatic heterocycles.